The minimum Gasteiger partial charge on any atom is -0.296 e. The lowest BCUT2D eigenvalue weighted by Gasteiger charge is -2.31. The highest BCUT2D eigenvalue weighted by Gasteiger charge is 2.40. The molecule has 0 unspecified atom stereocenters. The van der Waals surface area contributed by atoms with E-state index in [2.05, 4.69) is 248 Å². The number of nitrogens with zero attached hydrogens (tertiary/aromatic N) is 2. The largest absolute Gasteiger partial charge is 0.296 e. The number of fused-ring (bicyclic) bond motifs is 7. The average molecular weight is 875 g/mol. The zero-order valence-corrected chi connectivity index (χ0v) is 38.5. The summed E-state index contributed by atoms with van der Waals surface area (Å²) in [7, 11) is 0. The molecule has 3 heterocycles. The Balaban J connectivity index is 1.08. The fourth-order valence-electron chi connectivity index (χ4n) is 11.5. The SMILES string of the molecule is CC1(C)c2ccccc2-c2c(-c3cccc4c3B(c3ccccc3)CC4)cc(N(c3ccc(-c4ccccc4)cc3)c3ccc(-c4ccc5c(c4)sc4ccccc45)n3-c3ccccc3)cc21. The smallest absolute Gasteiger partial charge is 0.210 e. The van der Waals surface area contributed by atoms with Crippen molar-refractivity contribution in [1.29, 1.82) is 0 Å². The molecular formula is C63H47BN2S. The van der Waals surface area contributed by atoms with Gasteiger partial charge in [-0.3, -0.25) is 9.47 Å². The Morgan fingerprint density at radius 3 is 1.99 bits per heavy atom. The quantitative estimate of drug-likeness (QED) is 0.138. The zero-order chi connectivity index (χ0) is 44.6. The second kappa shape index (κ2) is 15.8. The van der Waals surface area contributed by atoms with E-state index >= 15 is 0 Å². The van der Waals surface area contributed by atoms with Crippen molar-refractivity contribution >= 4 is 66.3 Å². The minimum absolute atomic E-state index is 0.234. The number of rotatable bonds is 8. The highest BCUT2D eigenvalue weighted by atomic mass is 32.1. The second-order valence-corrected chi connectivity index (χ2v) is 19.9. The number of aromatic nitrogens is 1. The molecule has 0 bridgehead atoms. The van der Waals surface area contributed by atoms with Gasteiger partial charge in [-0.25, -0.2) is 0 Å². The van der Waals surface area contributed by atoms with Gasteiger partial charge in [-0.15, -0.1) is 11.3 Å². The first-order valence-corrected chi connectivity index (χ1v) is 24.4. The molecule has 67 heavy (non-hydrogen) atoms. The highest BCUT2D eigenvalue weighted by molar-refractivity contribution is 7.25. The van der Waals surface area contributed by atoms with Gasteiger partial charge >= 0.3 is 0 Å². The molecule has 13 rings (SSSR count). The number of hydrogen-bond donors (Lipinski definition) is 0. The Labute approximate surface area is 397 Å². The van der Waals surface area contributed by atoms with Gasteiger partial charge in [-0.1, -0.05) is 200 Å². The molecule has 0 atom stereocenters. The van der Waals surface area contributed by atoms with Crippen LogP contribution in [0.25, 0.3) is 70.5 Å². The van der Waals surface area contributed by atoms with Crippen LogP contribution in [0, 0.1) is 0 Å². The van der Waals surface area contributed by atoms with Gasteiger partial charge in [-0.2, -0.15) is 0 Å². The van der Waals surface area contributed by atoms with Crippen LogP contribution in [0.5, 0.6) is 0 Å². The molecule has 0 N–H and O–H groups in total. The van der Waals surface area contributed by atoms with Crippen LogP contribution in [-0.4, -0.2) is 11.3 Å². The molecule has 2 nitrogen and oxygen atoms in total. The molecule has 1 aliphatic carbocycles. The Morgan fingerprint density at radius 1 is 0.493 bits per heavy atom. The molecule has 0 fully saturated rings. The first kappa shape index (κ1) is 39.7. The number of aryl methyl sites for hydroxylation is 1. The summed E-state index contributed by atoms with van der Waals surface area (Å²) in [6.07, 6.45) is 2.19. The van der Waals surface area contributed by atoms with Gasteiger partial charge in [0.05, 0.1) is 5.69 Å². The molecule has 2 aliphatic rings. The van der Waals surface area contributed by atoms with Gasteiger partial charge in [-0.05, 0) is 112 Å². The predicted molar refractivity (Wildman–Crippen MR) is 287 cm³/mol. The van der Waals surface area contributed by atoms with Gasteiger partial charge in [0.1, 0.15) is 5.82 Å². The highest BCUT2D eigenvalue weighted by Crippen LogP contribution is 2.55. The first-order chi connectivity index (χ1) is 33.0. The monoisotopic (exact) mass is 874 g/mol. The third-order valence-electron chi connectivity index (χ3n) is 14.7. The van der Waals surface area contributed by atoms with E-state index in [4.69, 9.17) is 0 Å². The number of benzene rings is 9. The maximum Gasteiger partial charge on any atom is 0.210 e. The van der Waals surface area contributed by atoms with Crippen molar-refractivity contribution in [2.75, 3.05) is 4.90 Å². The van der Waals surface area contributed by atoms with Gasteiger partial charge in [0.2, 0.25) is 6.71 Å². The number of anilines is 3. The van der Waals surface area contributed by atoms with Crippen LogP contribution in [0.1, 0.15) is 30.5 Å². The van der Waals surface area contributed by atoms with E-state index in [1.165, 1.54) is 86.7 Å². The molecule has 2 aromatic heterocycles. The molecule has 1 aliphatic heterocycles. The molecule has 0 saturated heterocycles. The third kappa shape index (κ3) is 6.46. The van der Waals surface area contributed by atoms with E-state index in [-0.39, 0.29) is 5.41 Å². The molecule has 318 valence electrons. The van der Waals surface area contributed by atoms with Crippen molar-refractivity contribution in [2.24, 2.45) is 0 Å². The third-order valence-corrected chi connectivity index (χ3v) is 15.8. The normalized spacial score (nSPS) is 13.5. The molecule has 0 saturated carbocycles. The van der Waals surface area contributed by atoms with Crippen molar-refractivity contribution < 1.29 is 0 Å². The van der Waals surface area contributed by atoms with Crippen LogP contribution in [0.15, 0.2) is 224 Å². The van der Waals surface area contributed by atoms with Crippen LogP contribution < -0.4 is 15.8 Å². The van der Waals surface area contributed by atoms with Crippen molar-refractivity contribution in [3.8, 4) is 50.3 Å². The number of thiophene rings is 1. The van der Waals surface area contributed by atoms with Crippen molar-refractivity contribution in [3.63, 3.8) is 0 Å². The molecule has 0 spiro atoms. The lowest BCUT2D eigenvalue weighted by atomic mass is 9.40. The maximum absolute atomic E-state index is 2.52. The van der Waals surface area contributed by atoms with Gasteiger partial charge in [0, 0.05) is 48.2 Å². The maximum atomic E-state index is 2.52. The summed E-state index contributed by atoms with van der Waals surface area (Å²) in [5.41, 5.74) is 20.2. The summed E-state index contributed by atoms with van der Waals surface area (Å²) in [4.78, 5) is 2.52. The summed E-state index contributed by atoms with van der Waals surface area (Å²) in [5, 5.41) is 2.62. The van der Waals surface area contributed by atoms with Gasteiger partial charge in [0.25, 0.3) is 0 Å². The van der Waals surface area contributed by atoms with Crippen LogP contribution in [0.3, 0.4) is 0 Å². The lowest BCUT2D eigenvalue weighted by molar-refractivity contribution is 0.660. The van der Waals surface area contributed by atoms with E-state index in [9.17, 15) is 0 Å². The van der Waals surface area contributed by atoms with E-state index in [0.29, 0.717) is 6.71 Å². The van der Waals surface area contributed by atoms with Crippen LogP contribution in [0.4, 0.5) is 17.2 Å². The topological polar surface area (TPSA) is 8.17 Å². The van der Waals surface area contributed by atoms with E-state index < -0.39 is 0 Å². The fourth-order valence-corrected chi connectivity index (χ4v) is 12.6. The molecule has 0 radical (unpaired) electrons. The Kier molecular flexibility index (Phi) is 9.33. The van der Waals surface area contributed by atoms with Gasteiger partial charge < -0.3 is 0 Å². The van der Waals surface area contributed by atoms with Crippen molar-refractivity contribution in [3.05, 3.63) is 241 Å². The first-order valence-electron chi connectivity index (χ1n) is 23.6. The Morgan fingerprint density at radius 2 is 1.16 bits per heavy atom. The fraction of sp³-hybridized carbons (Fsp3) is 0.0794. The lowest BCUT2D eigenvalue weighted by Crippen LogP contribution is -2.40. The van der Waals surface area contributed by atoms with Crippen molar-refractivity contribution in [1.82, 2.24) is 4.57 Å². The Hall–Kier alpha value is -7.66. The second-order valence-electron chi connectivity index (χ2n) is 18.8. The summed E-state index contributed by atoms with van der Waals surface area (Å²) < 4.78 is 5.08. The minimum atomic E-state index is -0.234. The molecule has 9 aromatic carbocycles. The summed E-state index contributed by atoms with van der Waals surface area (Å²) in [5.74, 6) is 1.07. The van der Waals surface area contributed by atoms with E-state index in [1.807, 2.05) is 11.3 Å². The Bertz CT molecular complexity index is 3660. The van der Waals surface area contributed by atoms with Crippen molar-refractivity contribution in [2.45, 2.75) is 32.0 Å². The molecular weight excluding hydrogens is 828 g/mol. The standard InChI is InChI=1S/C63H47BN2S/c1-63(2)55-27-14-12-25-53(55)61-54(52-26-16-19-44-37-38-64(62(44)52)46-20-8-4-9-21-46)40-49(41-56(61)63)65(48-32-29-43(30-33-48)42-17-6-3-7-18-42)60-36-35-57(66(60)47-22-10-5-11-23-47)45-31-34-51-50-24-13-15-28-58(50)67-59(51)39-45/h3-36,39-41H,37-38H2,1-2H3. The van der Waals surface area contributed by atoms with Crippen LogP contribution >= 0.6 is 11.3 Å². The average Bonchev–Trinajstić information content (AvgIpc) is 4.17. The number of para-hydroxylation sites is 1. The van der Waals surface area contributed by atoms with Crippen LogP contribution in [-0.2, 0) is 11.8 Å². The number of hydrogen-bond acceptors (Lipinski definition) is 2. The van der Waals surface area contributed by atoms with Crippen LogP contribution in [0.2, 0.25) is 6.32 Å². The summed E-state index contributed by atoms with van der Waals surface area (Å²) in [6, 6.07) is 83.7. The summed E-state index contributed by atoms with van der Waals surface area (Å²) >= 11 is 1.87. The molecule has 0 amide bonds. The predicted octanol–water partition coefficient (Wildman–Crippen LogP) is 15.8. The summed E-state index contributed by atoms with van der Waals surface area (Å²) in [6.45, 7) is 5.16. The van der Waals surface area contributed by atoms with Gasteiger partial charge in [0.15, 0.2) is 0 Å². The van der Waals surface area contributed by atoms with E-state index in [1.54, 1.807) is 0 Å². The molecule has 4 heteroatoms. The van der Waals surface area contributed by atoms with E-state index in [0.717, 1.165) is 41.3 Å². The zero-order valence-electron chi connectivity index (χ0n) is 37.7. The molecule has 11 aromatic rings.